The summed E-state index contributed by atoms with van der Waals surface area (Å²) in [6, 6.07) is 0. The smallest absolute Gasteiger partial charge is 0.0704 e. The third kappa shape index (κ3) is 1.32. The van der Waals surface area contributed by atoms with Crippen LogP contribution in [0.15, 0.2) is 0 Å². The molecule has 0 unspecified atom stereocenters. The van der Waals surface area contributed by atoms with Crippen LogP contribution in [0.3, 0.4) is 0 Å². The second-order valence-corrected chi connectivity index (χ2v) is 3.30. The van der Waals surface area contributed by atoms with Gasteiger partial charge in [-0.05, 0) is 32.2 Å². The second-order valence-electron chi connectivity index (χ2n) is 3.30. The van der Waals surface area contributed by atoms with Crippen molar-refractivity contribution in [1.29, 1.82) is 0 Å². The topological polar surface area (TPSA) is 21.3 Å². The van der Waals surface area contributed by atoms with Gasteiger partial charge in [0.15, 0.2) is 0 Å². The van der Waals surface area contributed by atoms with Gasteiger partial charge in [0.2, 0.25) is 0 Å². The van der Waals surface area contributed by atoms with Crippen molar-refractivity contribution in [3.63, 3.8) is 0 Å². The number of nitrogens with one attached hydrogen (secondary N) is 1. The standard InChI is InChI=1S/C8H15NO/c1-2-7-3-4-8(10-7)6-9-5-1/h7-9H,1-6H2/t7-,8+/m1/s1. The Bertz CT molecular complexity index is 104. The summed E-state index contributed by atoms with van der Waals surface area (Å²) in [6.07, 6.45) is 6.27. The highest BCUT2D eigenvalue weighted by Gasteiger charge is 2.25. The highest BCUT2D eigenvalue weighted by molar-refractivity contribution is 4.77. The third-order valence-corrected chi connectivity index (χ3v) is 2.45. The van der Waals surface area contributed by atoms with Crippen molar-refractivity contribution in [1.82, 2.24) is 5.32 Å². The second kappa shape index (κ2) is 2.89. The Morgan fingerprint density at radius 1 is 1.10 bits per heavy atom. The zero-order valence-electron chi connectivity index (χ0n) is 6.31. The van der Waals surface area contributed by atoms with Crippen LogP contribution >= 0.6 is 0 Å². The van der Waals surface area contributed by atoms with E-state index in [1.807, 2.05) is 0 Å². The van der Waals surface area contributed by atoms with Crippen molar-refractivity contribution in [3.8, 4) is 0 Å². The van der Waals surface area contributed by atoms with Crippen LogP contribution in [-0.2, 0) is 4.74 Å². The van der Waals surface area contributed by atoms with Crippen molar-refractivity contribution in [3.05, 3.63) is 0 Å². The molecule has 10 heavy (non-hydrogen) atoms. The van der Waals surface area contributed by atoms with E-state index in [1.54, 1.807) is 0 Å². The monoisotopic (exact) mass is 141 g/mol. The Morgan fingerprint density at radius 3 is 3.00 bits per heavy atom. The summed E-state index contributed by atoms with van der Waals surface area (Å²) in [7, 11) is 0. The van der Waals surface area contributed by atoms with E-state index in [0.717, 1.165) is 6.54 Å². The minimum absolute atomic E-state index is 0.533. The van der Waals surface area contributed by atoms with Crippen molar-refractivity contribution in [2.75, 3.05) is 13.1 Å². The number of rotatable bonds is 0. The molecule has 0 radical (unpaired) electrons. The van der Waals surface area contributed by atoms with E-state index in [2.05, 4.69) is 5.32 Å². The molecule has 2 fully saturated rings. The van der Waals surface area contributed by atoms with Crippen LogP contribution < -0.4 is 5.32 Å². The Kier molecular flexibility index (Phi) is 1.91. The SMILES string of the molecule is C1CNC[C@@H]2CC[C@@H](C1)O2. The molecule has 2 saturated heterocycles. The van der Waals surface area contributed by atoms with Crippen LogP contribution in [0.1, 0.15) is 25.7 Å². The fraction of sp³-hybridized carbons (Fsp3) is 1.00. The van der Waals surface area contributed by atoms with Crippen LogP contribution in [0.2, 0.25) is 0 Å². The van der Waals surface area contributed by atoms with Crippen LogP contribution in [0.4, 0.5) is 0 Å². The summed E-state index contributed by atoms with van der Waals surface area (Å²) in [4.78, 5) is 0. The zero-order valence-corrected chi connectivity index (χ0v) is 6.31. The minimum Gasteiger partial charge on any atom is -0.374 e. The summed E-state index contributed by atoms with van der Waals surface area (Å²) in [5.74, 6) is 0. The first-order chi connectivity index (χ1) is 4.95. The van der Waals surface area contributed by atoms with Crippen LogP contribution in [-0.4, -0.2) is 25.3 Å². The van der Waals surface area contributed by atoms with Gasteiger partial charge in [-0.3, -0.25) is 0 Å². The number of hydrogen-bond acceptors (Lipinski definition) is 2. The van der Waals surface area contributed by atoms with E-state index in [1.165, 1.54) is 32.2 Å². The lowest BCUT2D eigenvalue weighted by Crippen LogP contribution is -2.30. The first-order valence-corrected chi connectivity index (χ1v) is 4.31. The normalized spacial score (nSPS) is 40.8. The lowest BCUT2D eigenvalue weighted by molar-refractivity contribution is 0.0326. The summed E-state index contributed by atoms with van der Waals surface area (Å²) < 4.78 is 5.74. The molecule has 0 aromatic heterocycles. The first kappa shape index (κ1) is 6.62. The zero-order chi connectivity index (χ0) is 6.81. The lowest BCUT2D eigenvalue weighted by Gasteiger charge is -2.17. The van der Waals surface area contributed by atoms with Gasteiger partial charge in [-0.25, -0.2) is 0 Å². The highest BCUT2D eigenvalue weighted by atomic mass is 16.5. The molecule has 2 heterocycles. The first-order valence-electron chi connectivity index (χ1n) is 4.31. The molecule has 2 atom stereocenters. The molecule has 1 N–H and O–H groups in total. The van der Waals surface area contributed by atoms with Gasteiger partial charge in [0.05, 0.1) is 12.2 Å². The van der Waals surface area contributed by atoms with Crippen LogP contribution in [0.25, 0.3) is 0 Å². The third-order valence-electron chi connectivity index (χ3n) is 2.45. The van der Waals surface area contributed by atoms with Gasteiger partial charge in [-0.2, -0.15) is 0 Å². The quantitative estimate of drug-likeness (QED) is 0.541. The maximum Gasteiger partial charge on any atom is 0.0704 e. The van der Waals surface area contributed by atoms with Crippen molar-refractivity contribution in [2.24, 2.45) is 0 Å². The summed E-state index contributed by atoms with van der Waals surface area (Å²) in [6.45, 7) is 2.27. The molecule has 2 nitrogen and oxygen atoms in total. The van der Waals surface area contributed by atoms with Crippen molar-refractivity contribution in [2.45, 2.75) is 37.9 Å². The summed E-state index contributed by atoms with van der Waals surface area (Å²) in [5, 5.41) is 3.39. The van der Waals surface area contributed by atoms with E-state index in [-0.39, 0.29) is 0 Å². The van der Waals surface area contributed by atoms with Gasteiger partial charge >= 0.3 is 0 Å². The molecule has 2 aliphatic heterocycles. The van der Waals surface area contributed by atoms with E-state index < -0.39 is 0 Å². The van der Waals surface area contributed by atoms with Crippen LogP contribution in [0, 0.1) is 0 Å². The predicted molar refractivity (Wildman–Crippen MR) is 40.0 cm³/mol. The fourth-order valence-corrected chi connectivity index (χ4v) is 1.86. The summed E-state index contributed by atoms with van der Waals surface area (Å²) >= 11 is 0. The molecule has 2 aliphatic rings. The Hall–Kier alpha value is -0.0800. The summed E-state index contributed by atoms with van der Waals surface area (Å²) in [5.41, 5.74) is 0. The Balaban J connectivity index is 1.91. The fourth-order valence-electron chi connectivity index (χ4n) is 1.86. The van der Waals surface area contributed by atoms with Gasteiger partial charge in [0, 0.05) is 6.54 Å². The Labute approximate surface area is 61.9 Å². The van der Waals surface area contributed by atoms with E-state index in [9.17, 15) is 0 Å². The Morgan fingerprint density at radius 2 is 2.00 bits per heavy atom. The number of hydrogen-bond donors (Lipinski definition) is 1. The maximum atomic E-state index is 5.74. The predicted octanol–water partition coefficient (Wildman–Crippen LogP) is 0.917. The van der Waals surface area contributed by atoms with Crippen molar-refractivity contribution < 1.29 is 4.74 Å². The largest absolute Gasteiger partial charge is 0.374 e. The molecule has 2 rings (SSSR count). The molecular formula is C8H15NO. The van der Waals surface area contributed by atoms with E-state index in [0.29, 0.717) is 12.2 Å². The molecule has 2 bridgehead atoms. The van der Waals surface area contributed by atoms with E-state index >= 15 is 0 Å². The average Bonchev–Trinajstić information content (AvgIpc) is 2.30. The van der Waals surface area contributed by atoms with Gasteiger partial charge in [0.1, 0.15) is 0 Å². The van der Waals surface area contributed by atoms with Gasteiger partial charge in [0.25, 0.3) is 0 Å². The molecule has 0 aromatic rings. The lowest BCUT2D eigenvalue weighted by atomic mass is 10.1. The highest BCUT2D eigenvalue weighted by Crippen LogP contribution is 2.23. The molecular weight excluding hydrogens is 126 g/mol. The molecule has 0 aliphatic carbocycles. The van der Waals surface area contributed by atoms with Crippen molar-refractivity contribution >= 4 is 0 Å². The van der Waals surface area contributed by atoms with E-state index in [4.69, 9.17) is 4.74 Å². The maximum absolute atomic E-state index is 5.74. The molecule has 0 amide bonds. The average molecular weight is 141 g/mol. The van der Waals surface area contributed by atoms with Gasteiger partial charge < -0.3 is 10.1 Å². The molecule has 0 aromatic carbocycles. The van der Waals surface area contributed by atoms with Gasteiger partial charge in [-0.1, -0.05) is 0 Å². The number of ether oxygens (including phenoxy) is 1. The van der Waals surface area contributed by atoms with Gasteiger partial charge in [-0.15, -0.1) is 0 Å². The molecule has 2 heteroatoms. The van der Waals surface area contributed by atoms with Crippen LogP contribution in [0.5, 0.6) is 0 Å². The molecule has 0 saturated carbocycles. The molecule has 0 spiro atoms. The minimum atomic E-state index is 0.533. The molecule has 58 valence electrons. The number of fused-ring (bicyclic) bond motifs is 2.